The van der Waals surface area contributed by atoms with Gasteiger partial charge in [-0.15, -0.1) is 0 Å². The Balaban J connectivity index is 2.21. The molecule has 0 spiro atoms. The molecule has 1 unspecified atom stereocenters. The second kappa shape index (κ2) is 6.70. The van der Waals surface area contributed by atoms with E-state index in [1.54, 1.807) is 12.1 Å². The normalized spacial score (nSPS) is 13.6. The van der Waals surface area contributed by atoms with E-state index in [4.69, 9.17) is 5.73 Å². The summed E-state index contributed by atoms with van der Waals surface area (Å²) in [4.78, 5) is 0. The molecule has 1 rings (SSSR count). The molecular formula is C12H15F4NO. The lowest BCUT2D eigenvalue weighted by Gasteiger charge is -2.12. The van der Waals surface area contributed by atoms with E-state index in [1.807, 2.05) is 0 Å². The third-order valence-corrected chi connectivity index (χ3v) is 2.31. The fourth-order valence-corrected chi connectivity index (χ4v) is 1.45. The van der Waals surface area contributed by atoms with Crippen LogP contribution in [-0.2, 0) is 11.2 Å². The van der Waals surface area contributed by atoms with Crippen LogP contribution in [0.2, 0.25) is 0 Å². The van der Waals surface area contributed by atoms with Crippen LogP contribution in [0.4, 0.5) is 17.6 Å². The standard InChI is InChI=1S/C12H15F4NO/c13-10-3-1-9(2-4-10)7-11(17)5-6-18-8-12(14,15)16/h1-4,11H,5-8,17H2. The summed E-state index contributed by atoms with van der Waals surface area (Å²) in [6.07, 6.45) is -3.50. The molecule has 0 saturated carbocycles. The smallest absolute Gasteiger partial charge is 0.372 e. The Kier molecular flexibility index (Phi) is 5.55. The van der Waals surface area contributed by atoms with Gasteiger partial charge in [-0.2, -0.15) is 13.2 Å². The molecule has 0 aromatic heterocycles. The number of benzene rings is 1. The monoisotopic (exact) mass is 265 g/mol. The maximum absolute atomic E-state index is 12.6. The molecule has 0 aliphatic rings. The summed E-state index contributed by atoms with van der Waals surface area (Å²) >= 11 is 0. The average Bonchev–Trinajstić information content (AvgIpc) is 2.26. The van der Waals surface area contributed by atoms with Crippen LogP contribution in [-0.4, -0.2) is 25.4 Å². The molecule has 0 amide bonds. The molecule has 1 aromatic rings. The van der Waals surface area contributed by atoms with E-state index in [0.29, 0.717) is 12.8 Å². The first-order chi connectivity index (χ1) is 8.37. The molecule has 0 aliphatic carbocycles. The molecule has 6 heteroatoms. The zero-order chi connectivity index (χ0) is 13.6. The van der Waals surface area contributed by atoms with Crippen molar-refractivity contribution in [3.8, 4) is 0 Å². The summed E-state index contributed by atoms with van der Waals surface area (Å²) in [5.74, 6) is -0.333. The molecule has 0 bridgehead atoms. The van der Waals surface area contributed by atoms with Crippen molar-refractivity contribution in [2.45, 2.75) is 25.1 Å². The Morgan fingerprint density at radius 2 is 1.78 bits per heavy atom. The number of hydrogen-bond donors (Lipinski definition) is 1. The van der Waals surface area contributed by atoms with Crippen LogP contribution in [0, 0.1) is 5.82 Å². The van der Waals surface area contributed by atoms with Gasteiger partial charge >= 0.3 is 6.18 Å². The third kappa shape index (κ3) is 6.56. The van der Waals surface area contributed by atoms with E-state index in [0.717, 1.165) is 5.56 Å². The Morgan fingerprint density at radius 3 is 2.33 bits per heavy atom. The number of halogens is 4. The van der Waals surface area contributed by atoms with Gasteiger partial charge in [0.25, 0.3) is 0 Å². The SMILES string of the molecule is NC(CCOCC(F)(F)F)Cc1ccc(F)cc1. The van der Waals surface area contributed by atoms with Crippen molar-refractivity contribution < 1.29 is 22.3 Å². The first kappa shape index (κ1) is 14.9. The van der Waals surface area contributed by atoms with Crippen LogP contribution in [0.15, 0.2) is 24.3 Å². The topological polar surface area (TPSA) is 35.2 Å². The fraction of sp³-hybridized carbons (Fsp3) is 0.500. The average molecular weight is 265 g/mol. The second-order valence-corrected chi connectivity index (χ2v) is 4.05. The van der Waals surface area contributed by atoms with Crippen LogP contribution in [0.25, 0.3) is 0 Å². The molecule has 0 fully saturated rings. The van der Waals surface area contributed by atoms with Gasteiger partial charge in [-0.25, -0.2) is 4.39 Å². The Morgan fingerprint density at radius 1 is 1.17 bits per heavy atom. The zero-order valence-corrected chi connectivity index (χ0v) is 9.71. The molecule has 1 aromatic carbocycles. The Labute approximate surface area is 103 Å². The highest BCUT2D eigenvalue weighted by Gasteiger charge is 2.27. The van der Waals surface area contributed by atoms with Crippen molar-refractivity contribution in [1.29, 1.82) is 0 Å². The number of rotatable bonds is 6. The number of nitrogens with two attached hydrogens (primary N) is 1. The van der Waals surface area contributed by atoms with E-state index >= 15 is 0 Å². The molecular weight excluding hydrogens is 250 g/mol. The van der Waals surface area contributed by atoms with Crippen molar-refractivity contribution in [2.75, 3.05) is 13.2 Å². The van der Waals surface area contributed by atoms with Gasteiger partial charge in [0.1, 0.15) is 12.4 Å². The van der Waals surface area contributed by atoms with Crippen LogP contribution >= 0.6 is 0 Å². The van der Waals surface area contributed by atoms with Gasteiger partial charge in [-0.1, -0.05) is 12.1 Å². The van der Waals surface area contributed by atoms with E-state index in [9.17, 15) is 17.6 Å². The van der Waals surface area contributed by atoms with Crippen molar-refractivity contribution in [3.63, 3.8) is 0 Å². The van der Waals surface area contributed by atoms with E-state index in [2.05, 4.69) is 4.74 Å². The maximum atomic E-state index is 12.6. The highest BCUT2D eigenvalue weighted by Crippen LogP contribution is 2.14. The van der Waals surface area contributed by atoms with Crippen LogP contribution in [0.5, 0.6) is 0 Å². The van der Waals surface area contributed by atoms with E-state index in [1.165, 1.54) is 12.1 Å². The highest BCUT2D eigenvalue weighted by molar-refractivity contribution is 5.16. The Bertz CT molecular complexity index is 350. The van der Waals surface area contributed by atoms with Gasteiger partial charge in [-0.05, 0) is 30.5 Å². The van der Waals surface area contributed by atoms with Gasteiger partial charge < -0.3 is 10.5 Å². The van der Waals surface area contributed by atoms with Gasteiger partial charge in [-0.3, -0.25) is 0 Å². The molecule has 2 N–H and O–H groups in total. The Hall–Kier alpha value is -1.14. The molecule has 0 aliphatic heterocycles. The lowest BCUT2D eigenvalue weighted by atomic mass is 10.0. The van der Waals surface area contributed by atoms with Crippen molar-refractivity contribution in [2.24, 2.45) is 5.73 Å². The predicted octanol–water partition coefficient (Wildman–Crippen LogP) is 2.66. The summed E-state index contributed by atoms with van der Waals surface area (Å²) < 4.78 is 52.4. The maximum Gasteiger partial charge on any atom is 0.411 e. The fourth-order valence-electron chi connectivity index (χ4n) is 1.45. The molecule has 18 heavy (non-hydrogen) atoms. The lowest BCUT2D eigenvalue weighted by Crippen LogP contribution is -2.26. The number of alkyl halides is 3. The van der Waals surface area contributed by atoms with Gasteiger partial charge in [0.2, 0.25) is 0 Å². The first-order valence-corrected chi connectivity index (χ1v) is 5.51. The van der Waals surface area contributed by atoms with Crippen molar-refractivity contribution >= 4 is 0 Å². The van der Waals surface area contributed by atoms with Crippen LogP contribution in [0.1, 0.15) is 12.0 Å². The van der Waals surface area contributed by atoms with Crippen LogP contribution in [0.3, 0.4) is 0 Å². The van der Waals surface area contributed by atoms with E-state index < -0.39 is 12.8 Å². The molecule has 0 radical (unpaired) electrons. The predicted molar refractivity (Wildman–Crippen MR) is 59.6 cm³/mol. The van der Waals surface area contributed by atoms with Gasteiger partial charge in [0.15, 0.2) is 0 Å². The van der Waals surface area contributed by atoms with Crippen molar-refractivity contribution in [3.05, 3.63) is 35.6 Å². The first-order valence-electron chi connectivity index (χ1n) is 5.51. The highest BCUT2D eigenvalue weighted by atomic mass is 19.4. The lowest BCUT2D eigenvalue weighted by molar-refractivity contribution is -0.174. The number of ether oxygens (including phenoxy) is 1. The molecule has 1 atom stereocenters. The summed E-state index contributed by atoms with van der Waals surface area (Å²) in [6.45, 7) is -1.29. The molecule has 0 saturated heterocycles. The summed E-state index contributed by atoms with van der Waals surface area (Å²) in [7, 11) is 0. The minimum atomic E-state index is -4.30. The zero-order valence-electron chi connectivity index (χ0n) is 9.71. The summed E-state index contributed by atoms with van der Waals surface area (Å²) in [5, 5.41) is 0. The van der Waals surface area contributed by atoms with Gasteiger partial charge in [0, 0.05) is 12.6 Å². The number of hydrogen-bond acceptors (Lipinski definition) is 2. The summed E-state index contributed by atoms with van der Waals surface area (Å²) in [6, 6.07) is 5.55. The second-order valence-electron chi connectivity index (χ2n) is 4.05. The van der Waals surface area contributed by atoms with Crippen molar-refractivity contribution in [1.82, 2.24) is 0 Å². The quantitative estimate of drug-likeness (QED) is 0.634. The molecule has 0 heterocycles. The minimum Gasteiger partial charge on any atom is -0.372 e. The van der Waals surface area contributed by atoms with E-state index in [-0.39, 0.29) is 18.5 Å². The minimum absolute atomic E-state index is 0.0398. The van der Waals surface area contributed by atoms with Gasteiger partial charge in [0.05, 0.1) is 0 Å². The molecule has 2 nitrogen and oxygen atoms in total. The molecule has 102 valence electrons. The van der Waals surface area contributed by atoms with Crippen LogP contribution < -0.4 is 5.73 Å². The third-order valence-electron chi connectivity index (χ3n) is 2.31. The largest absolute Gasteiger partial charge is 0.411 e. The summed E-state index contributed by atoms with van der Waals surface area (Å²) in [5.41, 5.74) is 6.59.